The molecule has 0 aliphatic rings. The Bertz CT molecular complexity index is 93.1. The number of hydrogen-bond acceptors (Lipinski definition) is 3. The molecule has 0 radical (unpaired) electrons. The molecule has 3 nitrogen and oxygen atoms in total. The summed E-state index contributed by atoms with van der Waals surface area (Å²) < 4.78 is 5.02. The SMILES string of the molecule is C=CCOC(C)CN=O. The molecule has 9 heavy (non-hydrogen) atoms. The maximum absolute atomic E-state index is 9.62. The molecule has 0 aromatic rings. The predicted molar refractivity (Wildman–Crippen MR) is 36.3 cm³/mol. The van der Waals surface area contributed by atoms with Crippen LogP contribution < -0.4 is 0 Å². The highest BCUT2D eigenvalue weighted by Crippen LogP contribution is 1.89. The highest BCUT2D eigenvalue weighted by molar-refractivity contribution is 4.65. The van der Waals surface area contributed by atoms with E-state index in [0.29, 0.717) is 6.61 Å². The number of ether oxygens (including phenoxy) is 1. The zero-order valence-electron chi connectivity index (χ0n) is 5.54. The summed E-state index contributed by atoms with van der Waals surface area (Å²) in [6.07, 6.45) is 1.56. The summed E-state index contributed by atoms with van der Waals surface area (Å²) in [7, 11) is 0. The summed E-state index contributed by atoms with van der Waals surface area (Å²) in [6, 6.07) is 0. The largest absolute Gasteiger partial charge is 0.372 e. The van der Waals surface area contributed by atoms with Gasteiger partial charge in [-0.25, -0.2) is 0 Å². The molecule has 0 bridgehead atoms. The van der Waals surface area contributed by atoms with Crippen molar-refractivity contribution in [3.63, 3.8) is 0 Å². The zero-order valence-corrected chi connectivity index (χ0v) is 5.54. The third kappa shape index (κ3) is 5.17. The van der Waals surface area contributed by atoms with E-state index in [9.17, 15) is 4.91 Å². The van der Waals surface area contributed by atoms with Crippen LogP contribution in [0.2, 0.25) is 0 Å². The molecule has 3 heteroatoms. The third-order valence-electron chi connectivity index (χ3n) is 0.830. The Morgan fingerprint density at radius 3 is 3.00 bits per heavy atom. The lowest BCUT2D eigenvalue weighted by Crippen LogP contribution is -2.11. The van der Waals surface area contributed by atoms with Crippen molar-refractivity contribution in [3.8, 4) is 0 Å². The second-order valence-corrected chi connectivity index (χ2v) is 1.74. The Morgan fingerprint density at radius 2 is 2.56 bits per heavy atom. The molecule has 0 N–H and O–H groups in total. The Kier molecular flexibility index (Phi) is 5.01. The monoisotopic (exact) mass is 129 g/mol. The number of nitroso groups, excluding NO2 is 1. The van der Waals surface area contributed by atoms with Gasteiger partial charge in [-0.05, 0) is 6.92 Å². The molecule has 0 saturated heterocycles. The molecule has 1 atom stereocenters. The van der Waals surface area contributed by atoms with Crippen LogP contribution in [0.1, 0.15) is 6.92 Å². The first-order chi connectivity index (χ1) is 4.31. The molecule has 0 aromatic carbocycles. The summed E-state index contributed by atoms with van der Waals surface area (Å²) >= 11 is 0. The molecule has 0 fully saturated rings. The van der Waals surface area contributed by atoms with Crippen LogP contribution in [-0.4, -0.2) is 19.3 Å². The summed E-state index contributed by atoms with van der Waals surface area (Å²) in [5, 5.41) is 2.68. The van der Waals surface area contributed by atoms with Gasteiger partial charge in [0.15, 0.2) is 0 Å². The van der Waals surface area contributed by atoms with Gasteiger partial charge in [0.05, 0.1) is 12.7 Å². The van der Waals surface area contributed by atoms with Gasteiger partial charge in [-0.3, -0.25) is 0 Å². The number of hydrogen-bond donors (Lipinski definition) is 0. The maximum Gasteiger partial charge on any atom is 0.107 e. The van der Waals surface area contributed by atoms with E-state index in [4.69, 9.17) is 4.74 Å². The number of nitrogens with zero attached hydrogens (tertiary/aromatic N) is 1. The summed E-state index contributed by atoms with van der Waals surface area (Å²) in [5.41, 5.74) is 0. The Labute approximate surface area is 54.7 Å². The van der Waals surface area contributed by atoms with Gasteiger partial charge in [0.25, 0.3) is 0 Å². The lowest BCUT2D eigenvalue weighted by Gasteiger charge is -2.04. The lowest BCUT2D eigenvalue weighted by atomic mass is 10.4. The summed E-state index contributed by atoms with van der Waals surface area (Å²) in [4.78, 5) is 9.62. The minimum absolute atomic E-state index is 0.0829. The van der Waals surface area contributed by atoms with Crippen LogP contribution in [0, 0.1) is 4.91 Å². The average Bonchev–Trinajstić information content (AvgIpc) is 1.85. The van der Waals surface area contributed by atoms with Gasteiger partial charge in [-0.1, -0.05) is 11.3 Å². The standard InChI is InChI=1S/C6H11NO2/c1-3-4-9-6(2)5-7-8/h3,6H,1,4-5H2,2H3. The van der Waals surface area contributed by atoms with Crippen molar-refractivity contribution in [3.05, 3.63) is 17.6 Å². The topological polar surface area (TPSA) is 38.7 Å². The molecule has 0 aromatic heterocycles. The Balaban J connectivity index is 3.14. The first kappa shape index (κ1) is 8.30. The zero-order chi connectivity index (χ0) is 7.11. The van der Waals surface area contributed by atoms with Crippen molar-refractivity contribution < 1.29 is 4.74 Å². The van der Waals surface area contributed by atoms with Crippen LogP contribution in [0.4, 0.5) is 0 Å². The van der Waals surface area contributed by atoms with E-state index in [1.807, 2.05) is 0 Å². The fraction of sp³-hybridized carbons (Fsp3) is 0.667. The molecular weight excluding hydrogens is 118 g/mol. The van der Waals surface area contributed by atoms with Crippen molar-refractivity contribution in [2.24, 2.45) is 5.18 Å². The maximum atomic E-state index is 9.62. The lowest BCUT2D eigenvalue weighted by molar-refractivity contribution is 0.0950. The van der Waals surface area contributed by atoms with E-state index in [-0.39, 0.29) is 12.6 Å². The van der Waals surface area contributed by atoms with Gasteiger partial charge in [0, 0.05) is 0 Å². The van der Waals surface area contributed by atoms with Crippen LogP contribution >= 0.6 is 0 Å². The van der Waals surface area contributed by atoms with E-state index in [1.165, 1.54) is 0 Å². The minimum atomic E-state index is -0.0829. The van der Waals surface area contributed by atoms with Gasteiger partial charge in [0.1, 0.15) is 6.54 Å². The van der Waals surface area contributed by atoms with Crippen molar-refractivity contribution in [1.29, 1.82) is 0 Å². The molecule has 0 saturated carbocycles. The Hall–Kier alpha value is -0.700. The predicted octanol–water partition coefficient (Wildman–Crippen LogP) is 1.34. The summed E-state index contributed by atoms with van der Waals surface area (Å²) in [6.45, 7) is 5.95. The van der Waals surface area contributed by atoms with E-state index in [0.717, 1.165) is 0 Å². The van der Waals surface area contributed by atoms with Gasteiger partial charge in [-0.2, -0.15) is 4.91 Å². The first-order valence-electron chi connectivity index (χ1n) is 2.83. The molecule has 52 valence electrons. The minimum Gasteiger partial charge on any atom is -0.372 e. The van der Waals surface area contributed by atoms with Gasteiger partial charge < -0.3 is 4.74 Å². The first-order valence-corrected chi connectivity index (χ1v) is 2.83. The summed E-state index contributed by atoms with van der Waals surface area (Å²) in [5.74, 6) is 0. The van der Waals surface area contributed by atoms with Crippen LogP contribution in [0.3, 0.4) is 0 Å². The fourth-order valence-corrected chi connectivity index (χ4v) is 0.390. The van der Waals surface area contributed by atoms with Crippen LogP contribution in [-0.2, 0) is 4.74 Å². The van der Waals surface area contributed by atoms with Crippen LogP contribution in [0.25, 0.3) is 0 Å². The van der Waals surface area contributed by atoms with Crippen LogP contribution in [0.15, 0.2) is 17.8 Å². The molecular formula is C6H11NO2. The van der Waals surface area contributed by atoms with E-state index in [1.54, 1.807) is 13.0 Å². The number of rotatable bonds is 5. The quantitative estimate of drug-likeness (QED) is 0.415. The Morgan fingerprint density at radius 1 is 1.89 bits per heavy atom. The molecule has 0 amide bonds. The van der Waals surface area contributed by atoms with Crippen molar-refractivity contribution in [2.45, 2.75) is 13.0 Å². The highest BCUT2D eigenvalue weighted by atomic mass is 16.5. The van der Waals surface area contributed by atoms with Gasteiger partial charge in [0.2, 0.25) is 0 Å². The van der Waals surface area contributed by atoms with Gasteiger partial charge >= 0.3 is 0 Å². The third-order valence-corrected chi connectivity index (χ3v) is 0.830. The average molecular weight is 129 g/mol. The molecule has 1 unspecified atom stereocenters. The molecule has 0 aliphatic heterocycles. The smallest absolute Gasteiger partial charge is 0.107 e. The van der Waals surface area contributed by atoms with E-state index >= 15 is 0 Å². The van der Waals surface area contributed by atoms with E-state index in [2.05, 4.69) is 11.8 Å². The molecule has 0 heterocycles. The second kappa shape index (κ2) is 5.44. The fourth-order valence-electron chi connectivity index (χ4n) is 0.390. The van der Waals surface area contributed by atoms with Gasteiger partial charge in [-0.15, -0.1) is 6.58 Å². The van der Waals surface area contributed by atoms with Crippen LogP contribution in [0.5, 0.6) is 0 Å². The van der Waals surface area contributed by atoms with Crippen molar-refractivity contribution >= 4 is 0 Å². The normalized spacial score (nSPS) is 12.6. The molecule has 0 spiro atoms. The second-order valence-electron chi connectivity index (χ2n) is 1.74. The van der Waals surface area contributed by atoms with Crippen molar-refractivity contribution in [1.82, 2.24) is 0 Å². The highest BCUT2D eigenvalue weighted by Gasteiger charge is 1.97. The van der Waals surface area contributed by atoms with Crippen molar-refractivity contribution in [2.75, 3.05) is 13.2 Å². The molecule has 0 rings (SSSR count). The van der Waals surface area contributed by atoms with E-state index < -0.39 is 0 Å². The molecule has 0 aliphatic carbocycles.